The number of imidazole rings is 1. The van der Waals surface area contributed by atoms with Crippen molar-refractivity contribution in [3.8, 4) is 0 Å². The molecule has 1 aromatic carbocycles. The van der Waals surface area contributed by atoms with Crippen molar-refractivity contribution in [3.63, 3.8) is 0 Å². The summed E-state index contributed by atoms with van der Waals surface area (Å²) in [5.41, 5.74) is 5.19. The van der Waals surface area contributed by atoms with Gasteiger partial charge in [-0.3, -0.25) is 19.4 Å². The van der Waals surface area contributed by atoms with Gasteiger partial charge in [-0.25, -0.2) is 4.98 Å². The van der Waals surface area contributed by atoms with Crippen LogP contribution in [0.3, 0.4) is 0 Å². The second kappa shape index (κ2) is 10.3. The number of nitrogens with one attached hydrogen (secondary N) is 3. The lowest BCUT2D eigenvalue weighted by Gasteiger charge is -2.08. The molecular formula is C28H24N6O3. The van der Waals surface area contributed by atoms with E-state index in [1.807, 2.05) is 43.3 Å². The van der Waals surface area contributed by atoms with E-state index in [0.717, 1.165) is 33.8 Å². The average Bonchev–Trinajstić information content (AvgIpc) is 3.52. The molecule has 1 aliphatic rings. The van der Waals surface area contributed by atoms with Crippen LogP contribution >= 0.6 is 0 Å². The Balaban J connectivity index is 1.22. The first kappa shape index (κ1) is 23.7. The van der Waals surface area contributed by atoms with Crippen LogP contribution in [-0.2, 0) is 11.3 Å². The molecule has 9 nitrogen and oxygen atoms in total. The molecule has 0 radical (unpaired) electrons. The number of benzene rings is 1. The molecule has 9 heteroatoms. The van der Waals surface area contributed by atoms with E-state index in [-0.39, 0.29) is 23.6 Å². The fourth-order valence-electron chi connectivity index (χ4n) is 4.02. The first-order valence-electron chi connectivity index (χ1n) is 11.7. The van der Waals surface area contributed by atoms with Crippen LogP contribution in [0, 0.1) is 6.92 Å². The van der Waals surface area contributed by atoms with E-state index >= 15 is 0 Å². The quantitative estimate of drug-likeness (QED) is 0.342. The summed E-state index contributed by atoms with van der Waals surface area (Å²) >= 11 is 0. The lowest BCUT2D eigenvalue weighted by molar-refractivity contribution is -0.110. The lowest BCUT2D eigenvalue weighted by atomic mass is 10.0. The summed E-state index contributed by atoms with van der Waals surface area (Å²) in [5.74, 6) is -0.619. The topological polar surface area (TPSA) is 122 Å². The van der Waals surface area contributed by atoms with Crippen molar-refractivity contribution >= 4 is 35.2 Å². The Morgan fingerprint density at radius 2 is 2.03 bits per heavy atom. The molecule has 1 aliphatic heterocycles. The van der Waals surface area contributed by atoms with Gasteiger partial charge >= 0.3 is 0 Å². The molecule has 2 amide bonds. The Labute approximate surface area is 212 Å². The summed E-state index contributed by atoms with van der Waals surface area (Å²) in [4.78, 5) is 49.0. The number of pyridine rings is 2. The molecule has 4 aromatic rings. The van der Waals surface area contributed by atoms with Crippen LogP contribution in [0.5, 0.6) is 0 Å². The van der Waals surface area contributed by atoms with E-state index in [9.17, 15) is 14.4 Å². The van der Waals surface area contributed by atoms with Gasteiger partial charge in [0.05, 0.1) is 30.3 Å². The summed E-state index contributed by atoms with van der Waals surface area (Å²) in [6.45, 7) is 2.47. The smallest absolute Gasteiger partial charge is 0.263 e. The first-order chi connectivity index (χ1) is 18.0. The Morgan fingerprint density at radius 3 is 2.81 bits per heavy atom. The number of fused-ring (bicyclic) bond motifs is 1. The largest absolute Gasteiger partial charge is 0.348 e. The van der Waals surface area contributed by atoms with Gasteiger partial charge in [0.15, 0.2) is 0 Å². The van der Waals surface area contributed by atoms with Crippen molar-refractivity contribution in [1.29, 1.82) is 0 Å². The monoisotopic (exact) mass is 492 g/mol. The van der Waals surface area contributed by atoms with Gasteiger partial charge in [-0.15, -0.1) is 0 Å². The van der Waals surface area contributed by atoms with Crippen LogP contribution in [0.2, 0.25) is 0 Å². The molecule has 3 aromatic heterocycles. The number of aromatic amines is 1. The third-order valence-electron chi connectivity index (χ3n) is 5.93. The van der Waals surface area contributed by atoms with E-state index in [1.165, 1.54) is 10.6 Å². The normalized spacial score (nSPS) is 13.6. The van der Waals surface area contributed by atoms with Gasteiger partial charge in [-0.05, 0) is 48.4 Å². The van der Waals surface area contributed by atoms with Gasteiger partial charge in [0.1, 0.15) is 5.56 Å². The number of rotatable bonds is 7. The Morgan fingerprint density at radius 1 is 1.14 bits per heavy atom. The highest BCUT2D eigenvalue weighted by molar-refractivity contribution is 6.34. The number of carbonyl (C=O) groups is 2. The number of hydrogen-bond donors (Lipinski definition) is 3. The van der Waals surface area contributed by atoms with Crippen LogP contribution in [-0.4, -0.2) is 37.9 Å². The second-order valence-electron chi connectivity index (χ2n) is 8.60. The van der Waals surface area contributed by atoms with Crippen LogP contribution in [0.1, 0.15) is 38.4 Å². The van der Waals surface area contributed by atoms with Crippen molar-refractivity contribution in [2.75, 3.05) is 11.9 Å². The molecule has 0 spiro atoms. The standard InChI is InChI=1S/C28H24N6O3/c1-18-6-7-20(14-31-18)16-34-11-3-5-23(28(34)37)26(35)30-10-2-4-19-8-9-22-24(13-21-15-29-17-32-21)27(36)33-25(22)12-19/h2-9,11-15,17H,10,16H2,1H3,(H,29,32)(H,30,35)(H,33,36). The molecule has 0 unspecified atom stereocenters. The molecule has 184 valence electrons. The van der Waals surface area contributed by atoms with Crippen molar-refractivity contribution < 1.29 is 9.59 Å². The zero-order chi connectivity index (χ0) is 25.8. The summed E-state index contributed by atoms with van der Waals surface area (Å²) < 4.78 is 1.49. The third-order valence-corrected chi connectivity index (χ3v) is 5.93. The predicted molar refractivity (Wildman–Crippen MR) is 142 cm³/mol. The van der Waals surface area contributed by atoms with Crippen LogP contribution in [0.25, 0.3) is 17.7 Å². The maximum atomic E-state index is 12.8. The maximum Gasteiger partial charge on any atom is 0.263 e. The van der Waals surface area contributed by atoms with Gasteiger partial charge in [0.25, 0.3) is 17.4 Å². The van der Waals surface area contributed by atoms with E-state index in [1.54, 1.807) is 43.1 Å². The van der Waals surface area contributed by atoms with Crippen molar-refractivity contribution in [2.24, 2.45) is 0 Å². The molecule has 0 saturated heterocycles. The summed E-state index contributed by atoms with van der Waals surface area (Å²) in [6.07, 6.45) is 12.0. The lowest BCUT2D eigenvalue weighted by Crippen LogP contribution is -2.33. The van der Waals surface area contributed by atoms with Crippen molar-refractivity contribution in [3.05, 3.63) is 117 Å². The maximum absolute atomic E-state index is 12.8. The molecule has 0 atom stereocenters. The number of aryl methyl sites for hydroxylation is 1. The van der Waals surface area contributed by atoms with Gasteiger partial charge in [-0.2, -0.15) is 0 Å². The van der Waals surface area contributed by atoms with E-state index in [0.29, 0.717) is 12.1 Å². The number of carbonyl (C=O) groups excluding carboxylic acids is 2. The van der Waals surface area contributed by atoms with Gasteiger partial charge in [-0.1, -0.05) is 30.4 Å². The van der Waals surface area contributed by atoms with Crippen molar-refractivity contribution in [2.45, 2.75) is 13.5 Å². The Hall–Kier alpha value is -5.05. The highest BCUT2D eigenvalue weighted by Gasteiger charge is 2.24. The van der Waals surface area contributed by atoms with Crippen LogP contribution in [0.15, 0.2) is 78.3 Å². The van der Waals surface area contributed by atoms with E-state index in [2.05, 4.69) is 25.6 Å². The number of hydrogen-bond acceptors (Lipinski definition) is 5. The minimum absolute atomic E-state index is 0.0767. The second-order valence-corrected chi connectivity index (χ2v) is 8.60. The number of amides is 2. The zero-order valence-electron chi connectivity index (χ0n) is 20.1. The average molecular weight is 493 g/mol. The fourth-order valence-corrected chi connectivity index (χ4v) is 4.02. The summed E-state index contributed by atoms with van der Waals surface area (Å²) in [5, 5.41) is 5.64. The number of anilines is 1. The van der Waals surface area contributed by atoms with Gasteiger partial charge in [0.2, 0.25) is 0 Å². The minimum atomic E-state index is -0.444. The third kappa shape index (κ3) is 5.30. The highest BCUT2D eigenvalue weighted by Crippen LogP contribution is 2.33. The molecule has 0 bridgehead atoms. The summed E-state index contributed by atoms with van der Waals surface area (Å²) in [7, 11) is 0. The minimum Gasteiger partial charge on any atom is -0.348 e. The first-order valence-corrected chi connectivity index (χ1v) is 11.7. The van der Waals surface area contributed by atoms with Gasteiger partial charge < -0.3 is 20.2 Å². The van der Waals surface area contributed by atoms with Crippen molar-refractivity contribution in [1.82, 2.24) is 24.8 Å². The predicted octanol–water partition coefficient (Wildman–Crippen LogP) is 3.26. The Kier molecular flexibility index (Phi) is 6.58. The number of nitrogens with zero attached hydrogens (tertiary/aromatic N) is 3. The number of H-pyrrole nitrogens is 1. The molecule has 5 rings (SSSR count). The summed E-state index contributed by atoms with van der Waals surface area (Å²) in [6, 6.07) is 12.6. The van der Waals surface area contributed by atoms with Gasteiger partial charge in [0, 0.05) is 35.9 Å². The van der Waals surface area contributed by atoms with Crippen LogP contribution < -0.4 is 16.2 Å². The fraction of sp³-hybridized carbons (Fsp3) is 0.107. The van der Waals surface area contributed by atoms with E-state index < -0.39 is 5.91 Å². The zero-order valence-corrected chi connectivity index (χ0v) is 20.1. The molecular weight excluding hydrogens is 468 g/mol. The molecule has 37 heavy (non-hydrogen) atoms. The Bertz CT molecular complexity index is 1580. The number of aromatic nitrogens is 4. The molecule has 0 aliphatic carbocycles. The molecule has 4 heterocycles. The molecule has 0 fully saturated rings. The molecule has 3 N–H and O–H groups in total. The SMILES string of the molecule is Cc1ccc(Cn2cccc(C(=O)NCC=Cc3ccc4c(c3)NC(=O)C4=Cc3cnc[nH]3)c2=O)cn1. The van der Waals surface area contributed by atoms with Crippen LogP contribution in [0.4, 0.5) is 5.69 Å². The highest BCUT2D eigenvalue weighted by atomic mass is 16.2. The van der Waals surface area contributed by atoms with E-state index in [4.69, 9.17) is 0 Å². The molecule has 0 saturated carbocycles.